The van der Waals surface area contributed by atoms with E-state index in [4.69, 9.17) is 9.73 Å². The summed E-state index contributed by atoms with van der Waals surface area (Å²) >= 11 is 0. The van der Waals surface area contributed by atoms with Crippen LogP contribution in [0, 0.1) is 5.92 Å². The van der Waals surface area contributed by atoms with Gasteiger partial charge in [-0.3, -0.25) is 4.79 Å². The van der Waals surface area contributed by atoms with Gasteiger partial charge in [-0.2, -0.15) is 0 Å². The molecule has 22 heavy (non-hydrogen) atoms. The Balaban J connectivity index is 2.15. The topological polar surface area (TPSA) is 50.7 Å². The number of hydrogen-bond acceptors (Lipinski definition) is 3. The molecular formula is C18H26N2O2. The second-order valence-corrected chi connectivity index (χ2v) is 6.46. The van der Waals surface area contributed by atoms with Gasteiger partial charge in [-0.1, -0.05) is 50.6 Å². The van der Waals surface area contributed by atoms with Crippen LogP contribution in [0.3, 0.4) is 0 Å². The van der Waals surface area contributed by atoms with Crippen LogP contribution in [0.15, 0.2) is 35.3 Å². The van der Waals surface area contributed by atoms with Crippen molar-refractivity contribution >= 4 is 11.8 Å². The number of carbonyl (C=O) groups is 1. The predicted octanol–water partition coefficient (Wildman–Crippen LogP) is 2.97. The molecule has 1 N–H and O–H groups in total. The van der Waals surface area contributed by atoms with E-state index in [1.165, 1.54) is 12.5 Å². The smallest absolute Gasteiger partial charge is 0.217 e. The van der Waals surface area contributed by atoms with Crippen molar-refractivity contribution in [3.8, 4) is 0 Å². The van der Waals surface area contributed by atoms with Crippen LogP contribution in [0.25, 0.3) is 0 Å². The quantitative estimate of drug-likeness (QED) is 0.878. The molecule has 2 rings (SSSR count). The monoisotopic (exact) mass is 302 g/mol. The lowest BCUT2D eigenvalue weighted by Crippen LogP contribution is -2.44. The van der Waals surface area contributed by atoms with Gasteiger partial charge in [-0.25, -0.2) is 4.99 Å². The Morgan fingerprint density at radius 2 is 2.09 bits per heavy atom. The molecule has 120 valence electrons. The fraction of sp³-hybridized carbons (Fsp3) is 0.556. The molecule has 1 aliphatic heterocycles. The minimum Gasteiger partial charge on any atom is -0.477 e. The standard InChI is InChI=1S/C18H26N2O2/c1-5-13(2)16(19-14(3)21)17-20-18(4,12-22-17)11-15-9-7-6-8-10-15/h6-10,13,16H,5,11-12H2,1-4H3,(H,19,21)/t13-,16-,18?/m0/s1. The third-order valence-electron chi connectivity index (χ3n) is 4.18. The minimum absolute atomic E-state index is 0.0479. The first-order chi connectivity index (χ1) is 10.4. The normalized spacial score (nSPS) is 23.4. The van der Waals surface area contributed by atoms with Crippen molar-refractivity contribution < 1.29 is 9.53 Å². The minimum atomic E-state index is -0.263. The number of nitrogens with zero attached hydrogens (tertiary/aromatic N) is 1. The summed E-state index contributed by atoms with van der Waals surface area (Å²) in [7, 11) is 0. The highest BCUT2D eigenvalue weighted by Crippen LogP contribution is 2.26. The lowest BCUT2D eigenvalue weighted by molar-refractivity contribution is -0.119. The van der Waals surface area contributed by atoms with Crippen LogP contribution < -0.4 is 5.32 Å². The molecule has 1 heterocycles. The second kappa shape index (κ2) is 6.95. The van der Waals surface area contributed by atoms with E-state index in [1.54, 1.807) is 0 Å². The molecule has 0 saturated heterocycles. The number of aliphatic imine (C=N–C) groups is 1. The van der Waals surface area contributed by atoms with Crippen LogP contribution in [-0.4, -0.2) is 30.0 Å². The van der Waals surface area contributed by atoms with Crippen LogP contribution in [0.5, 0.6) is 0 Å². The van der Waals surface area contributed by atoms with E-state index in [2.05, 4.69) is 38.2 Å². The number of rotatable bonds is 6. The Morgan fingerprint density at radius 1 is 1.41 bits per heavy atom. The highest BCUT2D eigenvalue weighted by Gasteiger charge is 2.36. The average molecular weight is 302 g/mol. The van der Waals surface area contributed by atoms with E-state index in [9.17, 15) is 4.79 Å². The zero-order valence-corrected chi connectivity index (χ0v) is 13.9. The van der Waals surface area contributed by atoms with Gasteiger partial charge in [-0.05, 0) is 18.4 Å². The van der Waals surface area contributed by atoms with Crippen LogP contribution in [0.2, 0.25) is 0 Å². The number of hydrogen-bond donors (Lipinski definition) is 1. The molecule has 0 fully saturated rings. The fourth-order valence-electron chi connectivity index (χ4n) is 2.75. The number of nitrogens with one attached hydrogen (secondary N) is 1. The Kier molecular flexibility index (Phi) is 5.22. The van der Waals surface area contributed by atoms with Gasteiger partial charge >= 0.3 is 0 Å². The SMILES string of the molecule is CC[C@H](C)[C@H](NC(C)=O)C1=NC(C)(Cc2ccccc2)CO1. The van der Waals surface area contributed by atoms with E-state index in [1.807, 2.05) is 18.2 Å². The fourth-order valence-corrected chi connectivity index (χ4v) is 2.75. The van der Waals surface area contributed by atoms with Gasteiger partial charge in [0.2, 0.25) is 11.8 Å². The molecule has 1 aromatic rings. The third kappa shape index (κ3) is 4.09. The van der Waals surface area contributed by atoms with Crippen molar-refractivity contribution in [2.75, 3.05) is 6.61 Å². The highest BCUT2D eigenvalue weighted by atomic mass is 16.5. The molecule has 1 aliphatic rings. The zero-order valence-electron chi connectivity index (χ0n) is 13.9. The summed E-state index contributed by atoms with van der Waals surface area (Å²) in [6, 6.07) is 10.2. The molecule has 0 radical (unpaired) electrons. The molecule has 1 amide bonds. The van der Waals surface area contributed by atoms with E-state index < -0.39 is 0 Å². The average Bonchev–Trinajstić information content (AvgIpc) is 2.86. The van der Waals surface area contributed by atoms with Gasteiger partial charge < -0.3 is 10.1 Å². The lowest BCUT2D eigenvalue weighted by atomic mass is 9.94. The maximum Gasteiger partial charge on any atom is 0.217 e. The molecule has 0 spiro atoms. The van der Waals surface area contributed by atoms with Gasteiger partial charge in [0, 0.05) is 13.3 Å². The molecule has 1 unspecified atom stereocenters. The Hall–Kier alpha value is -1.84. The Labute approximate surface area is 133 Å². The van der Waals surface area contributed by atoms with Crippen LogP contribution in [0.4, 0.5) is 0 Å². The molecule has 0 bridgehead atoms. The summed E-state index contributed by atoms with van der Waals surface area (Å²) in [5.74, 6) is 0.915. The summed E-state index contributed by atoms with van der Waals surface area (Å²) in [5, 5.41) is 2.98. The second-order valence-electron chi connectivity index (χ2n) is 6.46. The van der Waals surface area contributed by atoms with Gasteiger partial charge in [-0.15, -0.1) is 0 Å². The molecule has 1 aromatic carbocycles. The summed E-state index contributed by atoms with van der Waals surface area (Å²) < 4.78 is 5.86. The molecule has 0 aromatic heterocycles. The van der Waals surface area contributed by atoms with E-state index >= 15 is 0 Å². The maximum absolute atomic E-state index is 11.5. The van der Waals surface area contributed by atoms with Crippen molar-refractivity contribution in [3.63, 3.8) is 0 Å². The van der Waals surface area contributed by atoms with Gasteiger partial charge in [0.15, 0.2) is 0 Å². The molecule has 4 nitrogen and oxygen atoms in total. The lowest BCUT2D eigenvalue weighted by Gasteiger charge is -2.22. The number of benzene rings is 1. The van der Waals surface area contributed by atoms with Crippen molar-refractivity contribution in [2.45, 2.75) is 52.1 Å². The van der Waals surface area contributed by atoms with Crippen LogP contribution in [0.1, 0.15) is 39.7 Å². The number of carbonyl (C=O) groups excluding carboxylic acids is 1. The summed E-state index contributed by atoms with van der Waals surface area (Å²) in [4.78, 5) is 16.3. The van der Waals surface area contributed by atoms with Crippen molar-refractivity contribution in [3.05, 3.63) is 35.9 Å². The van der Waals surface area contributed by atoms with Gasteiger partial charge in [0.05, 0.1) is 5.54 Å². The number of ether oxygens (including phenoxy) is 1. The van der Waals surface area contributed by atoms with Crippen LogP contribution in [-0.2, 0) is 16.0 Å². The Morgan fingerprint density at radius 3 is 2.68 bits per heavy atom. The highest BCUT2D eigenvalue weighted by molar-refractivity contribution is 5.88. The largest absolute Gasteiger partial charge is 0.477 e. The zero-order chi connectivity index (χ0) is 16.2. The first-order valence-corrected chi connectivity index (χ1v) is 7.97. The molecule has 4 heteroatoms. The van der Waals surface area contributed by atoms with Gasteiger partial charge in [0.1, 0.15) is 12.6 Å². The Bertz CT molecular complexity index is 541. The predicted molar refractivity (Wildman–Crippen MR) is 89.0 cm³/mol. The summed E-state index contributed by atoms with van der Waals surface area (Å²) in [5.41, 5.74) is 0.985. The first-order valence-electron chi connectivity index (χ1n) is 7.97. The van der Waals surface area contributed by atoms with Crippen molar-refractivity contribution in [1.82, 2.24) is 5.32 Å². The van der Waals surface area contributed by atoms with Gasteiger partial charge in [0.25, 0.3) is 0 Å². The number of amides is 1. The van der Waals surface area contributed by atoms with E-state index in [-0.39, 0.29) is 17.5 Å². The van der Waals surface area contributed by atoms with E-state index in [0.717, 1.165) is 12.8 Å². The summed E-state index contributed by atoms with van der Waals surface area (Å²) in [6.07, 6.45) is 1.80. The molecule has 0 saturated carbocycles. The third-order valence-corrected chi connectivity index (χ3v) is 4.18. The molecule has 3 atom stereocenters. The van der Waals surface area contributed by atoms with Crippen LogP contribution >= 0.6 is 0 Å². The summed E-state index contributed by atoms with van der Waals surface area (Å²) in [6.45, 7) is 8.42. The maximum atomic E-state index is 11.5. The van der Waals surface area contributed by atoms with Crippen molar-refractivity contribution in [1.29, 1.82) is 0 Å². The molecule has 0 aliphatic carbocycles. The molecular weight excluding hydrogens is 276 g/mol. The van der Waals surface area contributed by atoms with E-state index in [0.29, 0.717) is 18.4 Å². The first kappa shape index (κ1) is 16.5. The van der Waals surface area contributed by atoms with Crippen molar-refractivity contribution in [2.24, 2.45) is 10.9 Å².